The molecule has 0 aromatic rings. The molecule has 0 radical (unpaired) electrons. The van der Waals surface area contributed by atoms with Crippen LogP contribution in [0.4, 0.5) is 0 Å². The summed E-state index contributed by atoms with van der Waals surface area (Å²) in [6.45, 7) is 8.79. The van der Waals surface area contributed by atoms with Crippen LogP contribution in [0.2, 0.25) is 0 Å². The van der Waals surface area contributed by atoms with Crippen molar-refractivity contribution >= 4 is 0 Å². The van der Waals surface area contributed by atoms with E-state index < -0.39 is 0 Å². The quantitative estimate of drug-likeness (QED) is 0.409. The molecule has 0 rings (SSSR count). The normalized spacial score (nSPS) is 9.90. The van der Waals surface area contributed by atoms with Gasteiger partial charge in [-0.3, -0.25) is 0 Å². The van der Waals surface area contributed by atoms with E-state index in [0.717, 1.165) is 18.9 Å². The second-order valence-corrected chi connectivity index (χ2v) is 2.93. The molecular formula is C9H18O. The molecule has 0 spiro atoms. The van der Waals surface area contributed by atoms with E-state index in [1.54, 1.807) is 0 Å². The Morgan fingerprint density at radius 3 is 2.60 bits per heavy atom. The van der Waals surface area contributed by atoms with Gasteiger partial charge in [0.15, 0.2) is 0 Å². The lowest BCUT2D eigenvalue weighted by Crippen LogP contribution is -1.91. The summed E-state index contributed by atoms with van der Waals surface area (Å²) in [5.41, 5.74) is 0. The maximum atomic E-state index is 4.98. The highest BCUT2D eigenvalue weighted by Crippen LogP contribution is 2.05. The van der Waals surface area contributed by atoms with E-state index in [1.807, 2.05) is 0 Å². The first-order valence-electron chi connectivity index (χ1n) is 4.00. The minimum atomic E-state index is 0.823. The van der Waals surface area contributed by atoms with Crippen molar-refractivity contribution in [2.45, 2.75) is 33.1 Å². The van der Waals surface area contributed by atoms with Crippen LogP contribution in [0.15, 0.2) is 12.8 Å². The van der Waals surface area contributed by atoms with Crippen LogP contribution in [0.25, 0.3) is 0 Å². The first-order chi connectivity index (χ1) is 4.77. The van der Waals surface area contributed by atoms with Crippen molar-refractivity contribution in [2.24, 2.45) is 5.92 Å². The molecule has 60 valence electrons. The molecule has 0 fully saturated rings. The van der Waals surface area contributed by atoms with Crippen LogP contribution in [0.3, 0.4) is 0 Å². The minimum Gasteiger partial charge on any atom is -0.502 e. The molecule has 0 N–H and O–H groups in total. The van der Waals surface area contributed by atoms with E-state index in [0.29, 0.717) is 0 Å². The van der Waals surface area contributed by atoms with Crippen LogP contribution >= 0.6 is 0 Å². The summed E-state index contributed by atoms with van der Waals surface area (Å²) in [4.78, 5) is 0. The lowest BCUT2D eigenvalue weighted by molar-refractivity contribution is 0.240. The van der Waals surface area contributed by atoms with Crippen LogP contribution < -0.4 is 0 Å². The monoisotopic (exact) mass is 142 g/mol. The van der Waals surface area contributed by atoms with E-state index in [-0.39, 0.29) is 0 Å². The fourth-order valence-electron chi connectivity index (χ4n) is 0.821. The number of ether oxygens (including phenoxy) is 1. The number of hydrogen-bond donors (Lipinski definition) is 0. The predicted molar refractivity (Wildman–Crippen MR) is 44.8 cm³/mol. The summed E-state index contributed by atoms with van der Waals surface area (Å²) in [5, 5.41) is 0. The second kappa shape index (κ2) is 6.66. The fourth-order valence-corrected chi connectivity index (χ4v) is 0.821. The highest BCUT2D eigenvalue weighted by atomic mass is 16.5. The maximum Gasteiger partial charge on any atom is 0.0873 e. The zero-order chi connectivity index (χ0) is 7.82. The molecule has 1 heteroatoms. The smallest absolute Gasteiger partial charge is 0.0873 e. The lowest BCUT2D eigenvalue weighted by Gasteiger charge is -2.03. The molecule has 0 aromatic heterocycles. The first-order valence-corrected chi connectivity index (χ1v) is 4.00. The summed E-state index contributed by atoms with van der Waals surface area (Å²) < 4.78 is 4.98. The van der Waals surface area contributed by atoms with Gasteiger partial charge in [0.05, 0.1) is 12.9 Å². The van der Waals surface area contributed by atoms with Gasteiger partial charge in [-0.2, -0.15) is 0 Å². The van der Waals surface area contributed by atoms with Crippen LogP contribution in [-0.4, -0.2) is 6.61 Å². The molecule has 0 aliphatic rings. The van der Waals surface area contributed by atoms with Gasteiger partial charge in [0.25, 0.3) is 0 Å². The van der Waals surface area contributed by atoms with Gasteiger partial charge in [-0.05, 0) is 18.8 Å². The van der Waals surface area contributed by atoms with Crippen LogP contribution in [0.1, 0.15) is 33.1 Å². The summed E-state index contributed by atoms with van der Waals surface area (Å²) in [6.07, 6.45) is 5.24. The number of rotatable bonds is 6. The maximum absolute atomic E-state index is 4.98. The van der Waals surface area contributed by atoms with Gasteiger partial charge in [0.2, 0.25) is 0 Å². The Balaban J connectivity index is 2.83. The summed E-state index contributed by atoms with van der Waals surface area (Å²) in [5.74, 6) is 0.823. The molecule has 10 heavy (non-hydrogen) atoms. The average Bonchev–Trinajstić information content (AvgIpc) is 1.87. The summed E-state index contributed by atoms with van der Waals surface area (Å²) in [7, 11) is 0. The Morgan fingerprint density at radius 2 is 2.10 bits per heavy atom. The molecule has 0 atom stereocenters. The van der Waals surface area contributed by atoms with Crippen LogP contribution in [0.5, 0.6) is 0 Å². The topological polar surface area (TPSA) is 9.23 Å². The molecule has 0 amide bonds. The summed E-state index contributed by atoms with van der Waals surface area (Å²) in [6, 6.07) is 0. The van der Waals surface area contributed by atoms with Crippen LogP contribution in [0, 0.1) is 5.92 Å². The van der Waals surface area contributed by atoms with Crippen LogP contribution in [-0.2, 0) is 4.74 Å². The van der Waals surface area contributed by atoms with E-state index >= 15 is 0 Å². The molecule has 1 nitrogen and oxygen atoms in total. The standard InChI is InChI=1S/C9H18O/c1-4-10-8-6-5-7-9(2)3/h4,9H,1,5-8H2,2-3H3. The highest BCUT2D eigenvalue weighted by Gasteiger charge is 1.92. The summed E-state index contributed by atoms with van der Waals surface area (Å²) >= 11 is 0. The number of hydrogen-bond acceptors (Lipinski definition) is 1. The molecule has 0 saturated heterocycles. The van der Waals surface area contributed by atoms with E-state index in [9.17, 15) is 0 Å². The largest absolute Gasteiger partial charge is 0.502 e. The molecular weight excluding hydrogens is 124 g/mol. The third-order valence-corrected chi connectivity index (χ3v) is 1.41. The molecule has 0 aromatic carbocycles. The van der Waals surface area contributed by atoms with Crippen molar-refractivity contribution in [3.63, 3.8) is 0 Å². The van der Waals surface area contributed by atoms with Crippen molar-refractivity contribution in [1.82, 2.24) is 0 Å². The average molecular weight is 142 g/mol. The third kappa shape index (κ3) is 7.54. The zero-order valence-electron chi connectivity index (χ0n) is 7.10. The van der Waals surface area contributed by atoms with E-state index in [1.165, 1.54) is 19.1 Å². The van der Waals surface area contributed by atoms with Gasteiger partial charge in [0, 0.05) is 0 Å². The van der Waals surface area contributed by atoms with Crippen molar-refractivity contribution in [3.8, 4) is 0 Å². The van der Waals surface area contributed by atoms with Gasteiger partial charge >= 0.3 is 0 Å². The molecule has 0 unspecified atom stereocenters. The van der Waals surface area contributed by atoms with Gasteiger partial charge in [-0.1, -0.05) is 26.8 Å². The minimum absolute atomic E-state index is 0.823. The Hall–Kier alpha value is -0.460. The fraction of sp³-hybridized carbons (Fsp3) is 0.778. The molecule has 0 saturated carbocycles. The van der Waals surface area contributed by atoms with Gasteiger partial charge in [-0.15, -0.1) is 0 Å². The van der Waals surface area contributed by atoms with Gasteiger partial charge in [-0.25, -0.2) is 0 Å². The predicted octanol–water partition coefficient (Wildman–Crippen LogP) is 2.97. The molecule has 0 bridgehead atoms. The number of unbranched alkanes of at least 4 members (excludes halogenated alkanes) is 1. The molecule has 0 heterocycles. The van der Waals surface area contributed by atoms with E-state index in [4.69, 9.17) is 4.74 Å². The Labute approximate surface area is 64.1 Å². The Bertz CT molecular complexity index is 76.8. The highest BCUT2D eigenvalue weighted by molar-refractivity contribution is 4.50. The zero-order valence-corrected chi connectivity index (χ0v) is 7.10. The third-order valence-electron chi connectivity index (χ3n) is 1.41. The van der Waals surface area contributed by atoms with Crippen molar-refractivity contribution in [2.75, 3.05) is 6.61 Å². The van der Waals surface area contributed by atoms with Crippen molar-refractivity contribution < 1.29 is 4.74 Å². The van der Waals surface area contributed by atoms with Crippen molar-refractivity contribution in [1.29, 1.82) is 0 Å². The Kier molecular flexibility index (Phi) is 6.35. The molecule has 0 aliphatic carbocycles. The Morgan fingerprint density at radius 1 is 1.40 bits per heavy atom. The lowest BCUT2D eigenvalue weighted by atomic mass is 10.1. The van der Waals surface area contributed by atoms with Crippen molar-refractivity contribution in [3.05, 3.63) is 12.8 Å². The van der Waals surface area contributed by atoms with E-state index in [2.05, 4.69) is 20.4 Å². The SMILES string of the molecule is C=COCCCCC(C)C. The first kappa shape index (κ1) is 9.54. The van der Waals surface area contributed by atoms with Gasteiger partial charge < -0.3 is 4.74 Å². The second-order valence-electron chi connectivity index (χ2n) is 2.93. The molecule has 0 aliphatic heterocycles. The van der Waals surface area contributed by atoms with Gasteiger partial charge in [0.1, 0.15) is 0 Å².